The molecule has 0 radical (unpaired) electrons. The van der Waals surface area contributed by atoms with Crippen LogP contribution in [0.2, 0.25) is 0 Å². The van der Waals surface area contributed by atoms with Gasteiger partial charge in [-0.25, -0.2) is 9.88 Å². The number of carbonyl (C=O) groups is 2. The number of fused-ring (bicyclic) bond motifs is 1. The average molecular weight is 436 g/mol. The van der Waals surface area contributed by atoms with Gasteiger partial charge in [-0.2, -0.15) is 0 Å². The molecule has 3 aromatic heterocycles. The maximum absolute atomic E-state index is 12.4. The van der Waals surface area contributed by atoms with E-state index in [2.05, 4.69) is 10.1 Å². The molecule has 7 nitrogen and oxygen atoms in total. The molecule has 0 aliphatic rings. The number of imide groups is 1. The monoisotopic (exact) mass is 435 g/mol. The van der Waals surface area contributed by atoms with Gasteiger partial charge in [-0.15, -0.1) is 11.3 Å². The molecule has 2 amide bonds. The fraction of sp³-hybridized carbons (Fsp3) is 0.217. The Kier molecular flexibility index (Phi) is 5.32. The van der Waals surface area contributed by atoms with Crippen LogP contribution in [0.5, 0.6) is 5.75 Å². The van der Waals surface area contributed by atoms with Crippen LogP contribution in [0.25, 0.3) is 32.1 Å². The third-order valence-corrected chi connectivity index (χ3v) is 6.02. The van der Waals surface area contributed by atoms with E-state index in [9.17, 15) is 9.59 Å². The summed E-state index contributed by atoms with van der Waals surface area (Å²) in [5.41, 5.74) is 3.78. The van der Waals surface area contributed by atoms with Crippen molar-refractivity contribution in [3.63, 3.8) is 0 Å². The number of pyridine rings is 1. The number of thiophene rings is 1. The van der Waals surface area contributed by atoms with Crippen LogP contribution in [-0.2, 0) is 9.59 Å². The Labute approximate surface area is 183 Å². The number of anilines is 1. The first kappa shape index (κ1) is 20.7. The van der Waals surface area contributed by atoms with Crippen molar-refractivity contribution in [1.82, 2.24) is 10.1 Å². The molecule has 158 valence electrons. The van der Waals surface area contributed by atoms with Gasteiger partial charge in [0.05, 0.1) is 17.7 Å². The van der Waals surface area contributed by atoms with Crippen LogP contribution < -0.4 is 9.64 Å². The van der Waals surface area contributed by atoms with E-state index in [1.54, 1.807) is 13.2 Å². The lowest BCUT2D eigenvalue weighted by Crippen LogP contribution is -2.33. The normalized spacial score (nSPS) is 11.0. The lowest BCUT2D eigenvalue weighted by molar-refractivity contribution is -0.124. The summed E-state index contributed by atoms with van der Waals surface area (Å²) in [6.07, 6.45) is 0. The third kappa shape index (κ3) is 3.70. The zero-order valence-corrected chi connectivity index (χ0v) is 18.7. The molecule has 4 aromatic rings. The number of carbonyl (C=O) groups excluding carboxylic acids is 2. The zero-order chi connectivity index (χ0) is 22.3. The second kappa shape index (κ2) is 7.96. The summed E-state index contributed by atoms with van der Waals surface area (Å²) in [4.78, 5) is 32.0. The topological polar surface area (TPSA) is 85.5 Å². The molecular formula is C23H21N3O4S. The van der Waals surface area contributed by atoms with E-state index in [-0.39, 0.29) is 11.8 Å². The van der Waals surface area contributed by atoms with Crippen LogP contribution in [0.3, 0.4) is 0 Å². The summed E-state index contributed by atoms with van der Waals surface area (Å²) >= 11 is 1.37. The summed E-state index contributed by atoms with van der Waals surface area (Å²) < 4.78 is 10.9. The van der Waals surface area contributed by atoms with Crippen LogP contribution in [-0.4, -0.2) is 29.1 Å². The molecule has 0 saturated carbocycles. The first-order valence-electron chi connectivity index (χ1n) is 9.63. The average Bonchev–Trinajstić information content (AvgIpc) is 3.33. The first-order chi connectivity index (χ1) is 14.8. The molecule has 0 spiro atoms. The van der Waals surface area contributed by atoms with Gasteiger partial charge >= 0.3 is 0 Å². The lowest BCUT2D eigenvalue weighted by atomic mass is 10.1. The highest BCUT2D eigenvalue weighted by Gasteiger charge is 2.29. The molecule has 3 heterocycles. The van der Waals surface area contributed by atoms with Gasteiger partial charge < -0.3 is 9.26 Å². The highest BCUT2D eigenvalue weighted by Crippen LogP contribution is 2.46. The molecule has 0 atom stereocenters. The minimum atomic E-state index is -0.372. The van der Waals surface area contributed by atoms with Crippen LogP contribution in [0.4, 0.5) is 5.69 Å². The molecule has 4 rings (SSSR count). The van der Waals surface area contributed by atoms with E-state index in [0.29, 0.717) is 22.0 Å². The van der Waals surface area contributed by atoms with E-state index in [1.165, 1.54) is 30.1 Å². The number of methoxy groups -OCH3 is 1. The molecular weight excluding hydrogens is 414 g/mol. The first-order valence-corrected chi connectivity index (χ1v) is 10.4. The van der Waals surface area contributed by atoms with Crippen molar-refractivity contribution in [1.29, 1.82) is 0 Å². The van der Waals surface area contributed by atoms with Crippen molar-refractivity contribution in [2.75, 3.05) is 12.0 Å². The number of amides is 2. The van der Waals surface area contributed by atoms with Crippen LogP contribution in [0.1, 0.15) is 25.1 Å². The number of rotatable bonds is 4. The molecule has 0 aliphatic carbocycles. The van der Waals surface area contributed by atoms with E-state index < -0.39 is 0 Å². The van der Waals surface area contributed by atoms with Crippen LogP contribution in [0, 0.1) is 13.8 Å². The van der Waals surface area contributed by atoms with Gasteiger partial charge in [0.1, 0.15) is 16.3 Å². The quantitative estimate of drug-likeness (QED) is 0.441. The molecule has 1 aromatic carbocycles. The van der Waals surface area contributed by atoms with Crippen molar-refractivity contribution in [3.8, 4) is 27.6 Å². The third-order valence-electron chi connectivity index (χ3n) is 4.94. The van der Waals surface area contributed by atoms with Gasteiger partial charge in [0.15, 0.2) is 5.76 Å². The van der Waals surface area contributed by atoms with Crippen molar-refractivity contribution in [2.24, 2.45) is 0 Å². The molecule has 0 aliphatic heterocycles. The maximum atomic E-state index is 12.4. The smallest absolute Gasteiger partial charge is 0.230 e. The number of aryl methyl sites for hydroxylation is 2. The Morgan fingerprint density at radius 3 is 2.35 bits per heavy atom. The molecule has 0 saturated heterocycles. The largest absolute Gasteiger partial charge is 0.497 e. The summed E-state index contributed by atoms with van der Waals surface area (Å²) in [7, 11) is 1.61. The lowest BCUT2D eigenvalue weighted by Gasteiger charge is -2.18. The Morgan fingerprint density at radius 1 is 1.06 bits per heavy atom. The highest BCUT2D eigenvalue weighted by molar-refractivity contribution is 7.22. The van der Waals surface area contributed by atoms with Crippen LogP contribution in [0.15, 0.2) is 40.9 Å². The van der Waals surface area contributed by atoms with Crippen LogP contribution >= 0.6 is 11.3 Å². The van der Waals surface area contributed by atoms with E-state index in [1.807, 2.05) is 44.2 Å². The Hall–Kier alpha value is -3.52. The van der Waals surface area contributed by atoms with Gasteiger partial charge in [-0.05, 0) is 49.7 Å². The van der Waals surface area contributed by atoms with Crippen molar-refractivity contribution in [3.05, 3.63) is 47.7 Å². The predicted octanol–water partition coefficient (Wildman–Crippen LogP) is 5.14. The number of hydrogen-bond donors (Lipinski definition) is 0. The second-order valence-electron chi connectivity index (χ2n) is 7.22. The number of nitrogens with zero attached hydrogens (tertiary/aromatic N) is 3. The molecule has 0 unspecified atom stereocenters. The van der Waals surface area contributed by atoms with Gasteiger partial charge in [0, 0.05) is 36.6 Å². The van der Waals surface area contributed by atoms with Crippen molar-refractivity contribution in [2.45, 2.75) is 27.7 Å². The van der Waals surface area contributed by atoms with Gasteiger partial charge in [-0.1, -0.05) is 5.16 Å². The highest BCUT2D eigenvalue weighted by atomic mass is 32.1. The van der Waals surface area contributed by atoms with E-state index >= 15 is 0 Å². The molecule has 0 bridgehead atoms. The van der Waals surface area contributed by atoms with Gasteiger partial charge in [-0.3, -0.25) is 9.59 Å². The number of aromatic nitrogens is 2. The standard InChI is InChI=1S/C23H21N3O4S/c1-12-10-13(2)24-23-20(12)21(26(14(3)27)15(4)28)22(31-23)19-11-18(25-30-19)16-6-8-17(29-5)9-7-16/h6-11H,1-5H3. The minimum absolute atomic E-state index is 0.372. The minimum Gasteiger partial charge on any atom is -0.497 e. The van der Waals surface area contributed by atoms with E-state index in [4.69, 9.17) is 9.26 Å². The molecule has 0 N–H and O–H groups in total. The maximum Gasteiger partial charge on any atom is 0.230 e. The summed E-state index contributed by atoms with van der Waals surface area (Å²) in [6.45, 7) is 6.59. The summed E-state index contributed by atoms with van der Waals surface area (Å²) in [5, 5.41) is 4.96. The Bertz CT molecular complexity index is 1290. The fourth-order valence-corrected chi connectivity index (χ4v) is 4.85. The number of hydrogen-bond acceptors (Lipinski definition) is 7. The zero-order valence-electron chi connectivity index (χ0n) is 17.8. The summed E-state index contributed by atoms with van der Waals surface area (Å²) in [6, 6.07) is 11.2. The summed E-state index contributed by atoms with van der Waals surface area (Å²) in [5.74, 6) is 0.467. The Balaban J connectivity index is 1.92. The number of benzene rings is 1. The fourth-order valence-electron chi connectivity index (χ4n) is 3.62. The van der Waals surface area contributed by atoms with Gasteiger partial charge in [0.25, 0.3) is 0 Å². The Morgan fingerprint density at radius 2 is 1.74 bits per heavy atom. The molecule has 8 heteroatoms. The van der Waals surface area contributed by atoms with E-state index in [0.717, 1.165) is 32.8 Å². The number of ether oxygens (including phenoxy) is 1. The molecule has 0 fully saturated rings. The molecule has 31 heavy (non-hydrogen) atoms. The van der Waals surface area contributed by atoms with Crippen molar-refractivity contribution < 1.29 is 18.8 Å². The predicted molar refractivity (Wildman–Crippen MR) is 120 cm³/mol. The van der Waals surface area contributed by atoms with Gasteiger partial charge in [0.2, 0.25) is 11.8 Å². The SMILES string of the molecule is COc1ccc(-c2cc(-c3sc4nc(C)cc(C)c4c3N(C(C)=O)C(C)=O)on2)cc1. The van der Waals surface area contributed by atoms with Crippen molar-refractivity contribution >= 4 is 39.1 Å². The second-order valence-corrected chi connectivity index (χ2v) is 8.22.